The molecule has 1 spiro atoms. The molecule has 1 aromatic rings. The molecule has 1 atom stereocenters. The van der Waals surface area contributed by atoms with Crippen molar-refractivity contribution in [1.82, 2.24) is 10.3 Å². The number of nitrogens with zero attached hydrogens (tertiary/aromatic N) is 2. The zero-order chi connectivity index (χ0) is 22.0. The summed E-state index contributed by atoms with van der Waals surface area (Å²) in [5.41, 5.74) is -0.0321. The number of halogens is 4. The van der Waals surface area contributed by atoms with Crippen molar-refractivity contribution in [2.75, 3.05) is 19.7 Å². The Morgan fingerprint density at radius 3 is 2.65 bits per heavy atom. The molecule has 3 aliphatic rings. The number of aromatic nitrogens is 1. The van der Waals surface area contributed by atoms with E-state index in [1.54, 1.807) is 0 Å². The van der Waals surface area contributed by atoms with Crippen molar-refractivity contribution in [3.8, 4) is 0 Å². The molecule has 4 nitrogen and oxygen atoms in total. The number of aliphatic imine (C=N–C) groups is 1. The molecular formula is C23H29F4N3O. The van der Waals surface area contributed by atoms with Crippen LogP contribution in [0.3, 0.4) is 0 Å². The van der Waals surface area contributed by atoms with Crippen LogP contribution in [-0.4, -0.2) is 36.0 Å². The van der Waals surface area contributed by atoms with E-state index in [1.165, 1.54) is 12.8 Å². The average molecular weight is 439 g/mol. The van der Waals surface area contributed by atoms with Gasteiger partial charge in [-0.25, -0.2) is 9.37 Å². The van der Waals surface area contributed by atoms with E-state index >= 15 is 0 Å². The van der Waals surface area contributed by atoms with Gasteiger partial charge in [-0.1, -0.05) is 18.9 Å². The Bertz CT molecular complexity index is 846. The highest BCUT2D eigenvalue weighted by molar-refractivity contribution is 6.00. The van der Waals surface area contributed by atoms with Crippen LogP contribution in [-0.2, 0) is 17.5 Å². The molecule has 170 valence electrons. The molecule has 1 saturated carbocycles. The van der Waals surface area contributed by atoms with E-state index in [-0.39, 0.29) is 17.6 Å². The van der Waals surface area contributed by atoms with Gasteiger partial charge in [-0.05, 0) is 62.8 Å². The molecular weight excluding hydrogens is 410 g/mol. The van der Waals surface area contributed by atoms with E-state index in [9.17, 15) is 17.6 Å². The maximum atomic E-state index is 13.8. The van der Waals surface area contributed by atoms with Crippen LogP contribution in [0.5, 0.6) is 0 Å². The van der Waals surface area contributed by atoms with Crippen molar-refractivity contribution in [3.05, 3.63) is 41.5 Å². The predicted molar refractivity (Wildman–Crippen MR) is 110 cm³/mol. The van der Waals surface area contributed by atoms with E-state index in [0.717, 1.165) is 69.7 Å². The second-order valence-electron chi connectivity index (χ2n) is 9.00. The van der Waals surface area contributed by atoms with E-state index in [4.69, 9.17) is 9.73 Å². The minimum Gasteiger partial charge on any atom is -0.375 e. The van der Waals surface area contributed by atoms with Gasteiger partial charge in [0.1, 0.15) is 0 Å². The third-order valence-electron chi connectivity index (χ3n) is 6.84. The van der Waals surface area contributed by atoms with Crippen LogP contribution in [0.15, 0.2) is 29.4 Å². The number of dihydropyridines is 1. The first-order valence-corrected chi connectivity index (χ1v) is 11.1. The van der Waals surface area contributed by atoms with Gasteiger partial charge < -0.3 is 10.1 Å². The van der Waals surface area contributed by atoms with Gasteiger partial charge in [0.15, 0.2) is 11.5 Å². The first-order chi connectivity index (χ1) is 14.8. The second kappa shape index (κ2) is 8.98. The molecule has 0 radical (unpaired) electrons. The van der Waals surface area contributed by atoms with Crippen LogP contribution in [0.1, 0.15) is 62.6 Å². The number of allylic oxidation sites excluding steroid dienone is 1. The van der Waals surface area contributed by atoms with Crippen molar-refractivity contribution in [2.24, 2.45) is 10.4 Å². The number of alkyl halides is 3. The lowest BCUT2D eigenvalue weighted by Gasteiger charge is -2.47. The zero-order valence-electron chi connectivity index (χ0n) is 17.6. The lowest BCUT2D eigenvalue weighted by atomic mass is 9.66. The molecule has 0 bridgehead atoms. The number of rotatable bonds is 6. The van der Waals surface area contributed by atoms with Gasteiger partial charge in [0.2, 0.25) is 0 Å². The predicted octanol–water partition coefficient (Wildman–Crippen LogP) is 5.23. The van der Waals surface area contributed by atoms with Crippen LogP contribution in [0, 0.1) is 11.2 Å². The van der Waals surface area contributed by atoms with Gasteiger partial charge in [-0.15, -0.1) is 0 Å². The summed E-state index contributed by atoms with van der Waals surface area (Å²) in [5, 5.41) is 3.27. The fourth-order valence-corrected chi connectivity index (χ4v) is 5.31. The highest BCUT2D eigenvalue weighted by atomic mass is 19.4. The van der Waals surface area contributed by atoms with E-state index in [2.05, 4.69) is 22.5 Å². The molecule has 0 aromatic carbocycles. The number of hydrogen-bond donors (Lipinski definition) is 1. The first-order valence-electron chi connectivity index (χ1n) is 11.1. The van der Waals surface area contributed by atoms with Crippen LogP contribution in [0.25, 0.3) is 0 Å². The lowest BCUT2D eigenvalue weighted by molar-refractivity contribution is -0.143. The highest BCUT2D eigenvalue weighted by Crippen LogP contribution is 2.50. The summed E-state index contributed by atoms with van der Waals surface area (Å²) >= 11 is 0. The maximum absolute atomic E-state index is 13.8. The minimum atomic E-state index is -4.78. The number of nitrogens with one attached hydrogen (secondary N) is 1. The first kappa shape index (κ1) is 22.4. The zero-order valence-corrected chi connectivity index (χ0v) is 17.6. The molecule has 0 amide bonds. The number of pyridine rings is 1. The summed E-state index contributed by atoms with van der Waals surface area (Å²) < 4.78 is 58.1. The summed E-state index contributed by atoms with van der Waals surface area (Å²) in [4.78, 5) is 8.11. The summed E-state index contributed by atoms with van der Waals surface area (Å²) in [6.45, 7) is 2.46. The van der Waals surface area contributed by atoms with Gasteiger partial charge in [-0.3, -0.25) is 4.99 Å². The quantitative estimate of drug-likeness (QED) is 0.488. The molecule has 1 saturated heterocycles. The van der Waals surface area contributed by atoms with Crippen LogP contribution in [0.4, 0.5) is 17.6 Å². The van der Waals surface area contributed by atoms with Gasteiger partial charge in [0.25, 0.3) is 0 Å². The van der Waals surface area contributed by atoms with E-state index in [1.807, 2.05) is 0 Å². The van der Waals surface area contributed by atoms with Crippen molar-refractivity contribution < 1.29 is 22.3 Å². The fourth-order valence-electron chi connectivity index (χ4n) is 5.31. The second-order valence-corrected chi connectivity index (χ2v) is 9.00. The Morgan fingerprint density at radius 1 is 1.16 bits per heavy atom. The van der Waals surface area contributed by atoms with Crippen molar-refractivity contribution in [3.63, 3.8) is 0 Å². The van der Waals surface area contributed by atoms with Crippen LogP contribution in [0.2, 0.25) is 0 Å². The summed E-state index contributed by atoms with van der Waals surface area (Å²) in [6.07, 6.45) is 8.93. The SMILES string of the molecule is Fc1cc(CNCCC2(C3=NCCC=C3)CCOC3(CCCC3)C2)cnc1C(F)(F)F. The number of ether oxygens (including phenoxy) is 1. The summed E-state index contributed by atoms with van der Waals surface area (Å²) in [7, 11) is 0. The Balaban J connectivity index is 1.41. The largest absolute Gasteiger partial charge is 0.436 e. The Hall–Kier alpha value is -1.80. The maximum Gasteiger partial charge on any atom is 0.436 e. The molecule has 4 rings (SSSR count). The molecule has 1 N–H and O–H groups in total. The third kappa shape index (κ3) is 5.00. The Kier molecular flexibility index (Phi) is 6.49. The van der Waals surface area contributed by atoms with Crippen molar-refractivity contribution in [2.45, 2.75) is 69.7 Å². The van der Waals surface area contributed by atoms with Crippen LogP contribution >= 0.6 is 0 Å². The van der Waals surface area contributed by atoms with E-state index < -0.39 is 17.7 Å². The molecule has 31 heavy (non-hydrogen) atoms. The van der Waals surface area contributed by atoms with Gasteiger partial charge in [0.05, 0.1) is 5.60 Å². The topological polar surface area (TPSA) is 46.5 Å². The molecule has 3 heterocycles. The monoisotopic (exact) mass is 439 g/mol. The smallest absolute Gasteiger partial charge is 0.375 e. The lowest BCUT2D eigenvalue weighted by Crippen LogP contribution is -2.48. The van der Waals surface area contributed by atoms with Gasteiger partial charge in [-0.2, -0.15) is 13.2 Å². The Labute approximate surface area is 180 Å². The third-order valence-corrected chi connectivity index (χ3v) is 6.84. The van der Waals surface area contributed by atoms with Crippen molar-refractivity contribution >= 4 is 5.71 Å². The van der Waals surface area contributed by atoms with Crippen molar-refractivity contribution in [1.29, 1.82) is 0 Å². The Morgan fingerprint density at radius 2 is 1.97 bits per heavy atom. The fraction of sp³-hybridized carbons (Fsp3) is 0.652. The van der Waals surface area contributed by atoms with Gasteiger partial charge >= 0.3 is 6.18 Å². The van der Waals surface area contributed by atoms with Crippen LogP contribution < -0.4 is 5.32 Å². The molecule has 1 aliphatic carbocycles. The number of hydrogen-bond acceptors (Lipinski definition) is 4. The van der Waals surface area contributed by atoms with E-state index in [0.29, 0.717) is 12.1 Å². The summed E-state index contributed by atoms with van der Waals surface area (Å²) in [6, 6.07) is 0.911. The summed E-state index contributed by atoms with van der Waals surface area (Å²) in [5.74, 6) is -1.34. The molecule has 2 aliphatic heterocycles. The molecule has 1 unspecified atom stereocenters. The molecule has 1 aromatic heterocycles. The minimum absolute atomic E-state index is 0.0491. The molecule has 2 fully saturated rings. The highest BCUT2D eigenvalue weighted by Gasteiger charge is 2.48. The standard InChI is InChI=1S/C23H29F4N3O/c24-18-13-17(15-30-20(18)23(25,26)27)14-28-11-8-21(19-5-1-4-10-29-19)9-12-31-22(16-21)6-2-3-7-22/h1,5,13,15,28H,2-4,6-12,14,16H2. The normalized spacial score (nSPS) is 25.7. The molecule has 8 heteroatoms. The van der Waals surface area contributed by atoms with Gasteiger partial charge in [0, 0.05) is 37.0 Å². The average Bonchev–Trinajstić information content (AvgIpc) is 3.18.